The maximum Gasteiger partial charge on any atom is 0.416 e. The lowest BCUT2D eigenvalue weighted by molar-refractivity contribution is -0.143. The third-order valence-corrected chi connectivity index (χ3v) is 4.22. The van der Waals surface area contributed by atoms with Crippen LogP contribution < -0.4 is 20.1 Å². The minimum atomic E-state index is -4.96. The number of alkyl halides is 6. The number of amides is 1. The van der Waals surface area contributed by atoms with E-state index >= 15 is 0 Å². The number of hydrogen-bond donors (Lipinski definition) is 2. The van der Waals surface area contributed by atoms with Crippen molar-refractivity contribution in [3.63, 3.8) is 0 Å². The molecule has 5 nitrogen and oxygen atoms in total. The van der Waals surface area contributed by atoms with Crippen LogP contribution in [0.25, 0.3) is 0 Å². The first kappa shape index (κ1) is 24.2. The maximum absolute atomic E-state index is 12.9. The molecule has 0 saturated carbocycles. The molecule has 0 saturated heterocycles. The summed E-state index contributed by atoms with van der Waals surface area (Å²) in [5.41, 5.74) is -2.55. The van der Waals surface area contributed by atoms with Crippen LogP contribution in [0.3, 0.4) is 0 Å². The van der Waals surface area contributed by atoms with Gasteiger partial charge in [-0.1, -0.05) is 6.07 Å². The van der Waals surface area contributed by atoms with Crippen molar-refractivity contribution in [2.24, 2.45) is 0 Å². The Balaban J connectivity index is 1.95. The number of halogens is 6. The minimum absolute atomic E-state index is 0.0222. The second-order valence-electron chi connectivity index (χ2n) is 6.44. The highest BCUT2D eigenvalue weighted by Crippen LogP contribution is 2.37. The molecule has 170 valence electrons. The van der Waals surface area contributed by atoms with Crippen LogP contribution in [-0.4, -0.2) is 33.2 Å². The lowest BCUT2D eigenvalue weighted by Gasteiger charge is -2.15. The molecule has 0 unspecified atom stereocenters. The molecule has 0 aromatic heterocycles. The molecule has 2 rings (SSSR count). The summed E-state index contributed by atoms with van der Waals surface area (Å²) >= 11 is 0. The molecule has 11 heteroatoms. The van der Waals surface area contributed by atoms with Gasteiger partial charge in [-0.2, -0.15) is 26.3 Å². The van der Waals surface area contributed by atoms with Gasteiger partial charge in [-0.05, 0) is 42.3 Å². The van der Waals surface area contributed by atoms with E-state index in [2.05, 4.69) is 10.6 Å². The molecule has 0 spiro atoms. The smallest absolute Gasteiger partial charge is 0.416 e. The fourth-order valence-electron chi connectivity index (χ4n) is 2.68. The Bertz CT molecular complexity index is 881. The van der Waals surface area contributed by atoms with E-state index in [0.29, 0.717) is 30.1 Å². The highest BCUT2D eigenvalue weighted by Gasteiger charge is 2.36. The van der Waals surface area contributed by atoms with Crippen LogP contribution in [0.15, 0.2) is 36.4 Å². The van der Waals surface area contributed by atoms with Gasteiger partial charge in [0.1, 0.15) is 0 Å². The molecule has 0 aliphatic rings. The number of carbonyl (C=O) groups is 1. The summed E-state index contributed by atoms with van der Waals surface area (Å²) in [5, 5.41) is 4.84. The zero-order valence-corrected chi connectivity index (χ0v) is 16.6. The van der Waals surface area contributed by atoms with Crippen molar-refractivity contribution in [3.8, 4) is 11.5 Å². The van der Waals surface area contributed by atoms with Crippen LogP contribution >= 0.6 is 0 Å². The van der Waals surface area contributed by atoms with Gasteiger partial charge < -0.3 is 20.1 Å². The monoisotopic (exact) mass is 450 g/mol. The normalized spacial score (nSPS) is 11.7. The van der Waals surface area contributed by atoms with Gasteiger partial charge in [-0.3, -0.25) is 4.79 Å². The first-order valence-corrected chi connectivity index (χ1v) is 8.95. The number of nitrogens with one attached hydrogen (secondary N) is 2. The number of methoxy groups -OCH3 is 2. The highest BCUT2D eigenvalue weighted by atomic mass is 19.4. The van der Waals surface area contributed by atoms with E-state index in [9.17, 15) is 31.1 Å². The number of rotatable bonds is 8. The summed E-state index contributed by atoms with van der Waals surface area (Å²) in [6.45, 7) is -0.295. The van der Waals surface area contributed by atoms with Crippen molar-refractivity contribution < 1.29 is 40.6 Å². The van der Waals surface area contributed by atoms with E-state index in [1.807, 2.05) is 0 Å². The summed E-state index contributed by atoms with van der Waals surface area (Å²) < 4.78 is 87.5. The average Bonchev–Trinajstić information content (AvgIpc) is 2.70. The summed E-state index contributed by atoms with van der Waals surface area (Å²) in [6, 6.07) is 6.26. The minimum Gasteiger partial charge on any atom is -0.493 e. The van der Waals surface area contributed by atoms with Crippen molar-refractivity contribution in [3.05, 3.63) is 53.1 Å². The van der Waals surface area contributed by atoms with Gasteiger partial charge in [0, 0.05) is 12.2 Å². The highest BCUT2D eigenvalue weighted by molar-refractivity contribution is 5.80. The first-order valence-electron chi connectivity index (χ1n) is 8.95. The van der Waals surface area contributed by atoms with Crippen molar-refractivity contribution in [2.75, 3.05) is 32.6 Å². The third-order valence-electron chi connectivity index (χ3n) is 4.22. The number of carbonyl (C=O) groups excluding carboxylic acids is 1. The van der Waals surface area contributed by atoms with Gasteiger partial charge in [0.25, 0.3) is 0 Å². The lowest BCUT2D eigenvalue weighted by Crippen LogP contribution is -2.31. The molecule has 2 aromatic rings. The number of ether oxygens (including phenoxy) is 2. The summed E-state index contributed by atoms with van der Waals surface area (Å²) in [6.07, 6.45) is -9.49. The predicted octanol–water partition coefficient (Wildman–Crippen LogP) is 4.51. The molecule has 0 fully saturated rings. The quantitative estimate of drug-likeness (QED) is 0.581. The van der Waals surface area contributed by atoms with Crippen LogP contribution in [0.4, 0.5) is 32.0 Å². The topological polar surface area (TPSA) is 59.6 Å². The van der Waals surface area contributed by atoms with Gasteiger partial charge in [0.15, 0.2) is 11.5 Å². The van der Waals surface area contributed by atoms with Crippen molar-refractivity contribution >= 4 is 11.6 Å². The average molecular weight is 450 g/mol. The first-order chi connectivity index (χ1) is 14.4. The lowest BCUT2D eigenvalue weighted by atomic mass is 10.1. The van der Waals surface area contributed by atoms with Gasteiger partial charge in [-0.25, -0.2) is 0 Å². The zero-order valence-electron chi connectivity index (χ0n) is 16.6. The van der Waals surface area contributed by atoms with Crippen LogP contribution in [0.2, 0.25) is 0 Å². The predicted molar refractivity (Wildman–Crippen MR) is 101 cm³/mol. The number of benzene rings is 2. The fourth-order valence-corrected chi connectivity index (χ4v) is 2.68. The van der Waals surface area contributed by atoms with Crippen molar-refractivity contribution in [1.29, 1.82) is 0 Å². The Morgan fingerprint density at radius 3 is 1.97 bits per heavy atom. The molecule has 0 atom stereocenters. The Kier molecular flexibility index (Phi) is 7.64. The SMILES string of the molecule is COc1ccc(CCNC(=O)CNc2cc(C(F)(F)F)cc(C(F)(F)F)c2)cc1OC. The Hall–Kier alpha value is -3.11. The van der Waals surface area contributed by atoms with E-state index in [1.54, 1.807) is 18.2 Å². The Labute approximate surface area is 174 Å². The zero-order chi connectivity index (χ0) is 23.2. The van der Waals surface area contributed by atoms with E-state index in [-0.39, 0.29) is 12.6 Å². The molecule has 31 heavy (non-hydrogen) atoms. The summed E-state index contributed by atoms with van der Waals surface area (Å²) in [4.78, 5) is 11.9. The maximum atomic E-state index is 12.9. The second kappa shape index (κ2) is 9.80. The number of anilines is 1. The molecule has 0 aliphatic heterocycles. The number of hydrogen-bond acceptors (Lipinski definition) is 4. The van der Waals surface area contributed by atoms with E-state index in [1.165, 1.54) is 14.2 Å². The van der Waals surface area contributed by atoms with Gasteiger partial charge >= 0.3 is 12.4 Å². The largest absolute Gasteiger partial charge is 0.493 e. The molecule has 0 aliphatic carbocycles. The molecular formula is C20H20F6N2O3. The molecule has 0 heterocycles. The standard InChI is InChI=1S/C20H20F6N2O3/c1-30-16-4-3-12(7-17(16)31-2)5-6-27-18(29)11-28-15-9-13(19(21,22)23)8-14(10-15)20(24,25)26/h3-4,7-10,28H,5-6,11H2,1-2H3,(H,27,29). The second-order valence-corrected chi connectivity index (χ2v) is 6.44. The van der Waals surface area contributed by atoms with Gasteiger partial charge in [0.05, 0.1) is 31.9 Å². The molecule has 2 aromatic carbocycles. The third kappa shape index (κ3) is 6.97. The van der Waals surface area contributed by atoms with E-state index in [0.717, 1.165) is 5.56 Å². The molecule has 0 bridgehead atoms. The summed E-state index contributed by atoms with van der Waals surface area (Å²) in [5.74, 6) is 0.461. The molecule has 2 N–H and O–H groups in total. The van der Waals surface area contributed by atoms with Crippen LogP contribution in [0.1, 0.15) is 16.7 Å². The Morgan fingerprint density at radius 2 is 1.45 bits per heavy atom. The van der Waals surface area contributed by atoms with Crippen molar-refractivity contribution in [1.82, 2.24) is 5.32 Å². The van der Waals surface area contributed by atoms with E-state index < -0.39 is 41.6 Å². The van der Waals surface area contributed by atoms with Crippen LogP contribution in [-0.2, 0) is 23.6 Å². The van der Waals surface area contributed by atoms with Gasteiger partial charge in [-0.15, -0.1) is 0 Å². The van der Waals surface area contributed by atoms with E-state index in [4.69, 9.17) is 9.47 Å². The van der Waals surface area contributed by atoms with Crippen LogP contribution in [0.5, 0.6) is 11.5 Å². The molecule has 0 radical (unpaired) electrons. The van der Waals surface area contributed by atoms with Gasteiger partial charge in [0.2, 0.25) is 5.91 Å². The van der Waals surface area contributed by atoms with Crippen LogP contribution in [0, 0.1) is 0 Å². The Morgan fingerprint density at radius 1 is 0.871 bits per heavy atom. The fraction of sp³-hybridized carbons (Fsp3) is 0.350. The van der Waals surface area contributed by atoms with Crippen molar-refractivity contribution in [2.45, 2.75) is 18.8 Å². The summed E-state index contributed by atoms with van der Waals surface area (Å²) in [7, 11) is 2.97. The molecular weight excluding hydrogens is 430 g/mol. The molecule has 1 amide bonds.